The Morgan fingerprint density at radius 2 is 1.58 bits per heavy atom. The first-order valence-corrected chi connectivity index (χ1v) is 11.2. The SMILES string of the molecule is CC(=O)c1cccc(NC(=O)Cc2ccc(N(C)S(=O)(=O)c3ccc(C)cc3)cc2)c1. The minimum Gasteiger partial charge on any atom is -0.326 e. The maximum Gasteiger partial charge on any atom is 0.264 e. The molecule has 0 aliphatic heterocycles. The first-order valence-electron chi connectivity index (χ1n) is 9.72. The zero-order valence-electron chi connectivity index (χ0n) is 17.6. The Hall–Kier alpha value is -3.45. The molecule has 3 aromatic rings. The van der Waals surface area contributed by atoms with Crippen LogP contribution in [-0.2, 0) is 21.2 Å². The number of sulfonamides is 1. The van der Waals surface area contributed by atoms with Crippen molar-refractivity contribution in [2.24, 2.45) is 0 Å². The van der Waals surface area contributed by atoms with E-state index in [-0.39, 0.29) is 23.0 Å². The van der Waals surface area contributed by atoms with Gasteiger partial charge >= 0.3 is 0 Å². The van der Waals surface area contributed by atoms with Gasteiger partial charge in [0.15, 0.2) is 5.78 Å². The van der Waals surface area contributed by atoms with Gasteiger partial charge < -0.3 is 5.32 Å². The number of hydrogen-bond donors (Lipinski definition) is 1. The van der Waals surface area contributed by atoms with E-state index < -0.39 is 10.0 Å². The maximum atomic E-state index is 12.8. The fourth-order valence-corrected chi connectivity index (χ4v) is 4.23. The molecule has 0 aromatic heterocycles. The Morgan fingerprint density at radius 1 is 0.935 bits per heavy atom. The molecule has 0 aliphatic carbocycles. The van der Waals surface area contributed by atoms with Crippen LogP contribution in [0.3, 0.4) is 0 Å². The van der Waals surface area contributed by atoms with E-state index in [1.54, 1.807) is 72.8 Å². The fraction of sp³-hybridized carbons (Fsp3) is 0.167. The van der Waals surface area contributed by atoms with Gasteiger partial charge in [-0.25, -0.2) is 8.42 Å². The van der Waals surface area contributed by atoms with Gasteiger partial charge in [-0.3, -0.25) is 13.9 Å². The summed E-state index contributed by atoms with van der Waals surface area (Å²) in [5, 5.41) is 2.78. The molecule has 0 spiro atoms. The van der Waals surface area contributed by atoms with Crippen molar-refractivity contribution in [3.05, 3.63) is 89.5 Å². The van der Waals surface area contributed by atoms with E-state index in [2.05, 4.69) is 5.32 Å². The van der Waals surface area contributed by atoms with E-state index in [9.17, 15) is 18.0 Å². The van der Waals surface area contributed by atoms with Crippen LogP contribution < -0.4 is 9.62 Å². The van der Waals surface area contributed by atoms with Crippen LogP contribution in [0.4, 0.5) is 11.4 Å². The molecule has 160 valence electrons. The average Bonchev–Trinajstić information content (AvgIpc) is 2.74. The summed E-state index contributed by atoms with van der Waals surface area (Å²) in [6, 6.07) is 20.2. The average molecular weight is 437 g/mol. The summed E-state index contributed by atoms with van der Waals surface area (Å²) in [5.41, 5.74) is 3.31. The molecular formula is C24H24N2O4S. The Balaban J connectivity index is 1.68. The number of Topliss-reactive ketones (excluding diaryl/α,β-unsaturated/α-hetero) is 1. The van der Waals surface area contributed by atoms with Gasteiger partial charge in [0, 0.05) is 18.3 Å². The predicted molar refractivity (Wildman–Crippen MR) is 122 cm³/mol. The van der Waals surface area contributed by atoms with Gasteiger partial charge in [-0.05, 0) is 55.8 Å². The van der Waals surface area contributed by atoms with Gasteiger partial charge in [0.1, 0.15) is 0 Å². The van der Waals surface area contributed by atoms with E-state index >= 15 is 0 Å². The summed E-state index contributed by atoms with van der Waals surface area (Å²) < 4.78 is 26.9. The lowest BCUT2D eigenvalue weighted by molar-refractivity contribution is -0.115. The number of amides is 1. The normalized spacial score (nSPS) is 11.1. The van der Waals surface area contributed by atoms with Crippen molar-refractivity contribution in [3.63, 3.8) is 0 Å². The van der Waals surface area contributed by atoms with Gasteiger partial charge in [-0.15, -0.1) is 0 Å². The van der Waals surface area contributed by atoms with Crippen LogP contribution in [0.25, 0.3) is 0 Å². The summed E-state index contributed by atoms with van der Waals surface area (Å²) in [6.45, 7) is 3.37. The molecule has 0 saturated carbocycles. The Kier molecular flexibility index (Phi) is 6.56. The summed E-state index contributed by atoms with van der Waals surface area (Å²) in [7, 11) is -2.17. The molecule has 0 unspecified atom stereocenters. The highest BCUT2D eigenvalue weighted by atomic mass is 32.2. The quantitative estimate of drug-likeness (QED) is 0.563. The third kappa shape index (κ3) is 5.38. The van der Waals surface area contributed by atoms with E-state index in [4.69, 9.17) is 0 Å². The monoisotopic (exact) mass is 436 g/mol. The Morgan fingerprint density at radius 3 is 2.19 bits per heavy atom. The highest BCUT2D eigenvalue weighted by Crippen LogP contribution is 2.23. The molecule has 0 fully saturated rings. The number of carbonyl (C=O) groups is 2. The van der Waals surface area contributed by atoms with Crippen molar-refractivity contribution in [1.29, 1.82) is 0 Å². The van der Waals surface area contributed by atoms with Crippen LogP contribution in [0.2, 0.25) is 0 Å². The number of aryl methyl sites for hydroxylation is 1. The summed E-state index contributed by atoms with van der Waals surface area (Å²) in [4.78, 5) is 24.0. The highest BCUT2D eigenvalue weighted by Gasteiger charge is 2.21. The van der Waals surface area contributed by atoms with Crippen molar-refractivity contribution in [2.45, 2.75) is 25.2 Å². The van der Waals surface area contributed by atoms with Crippen molar-refractivity contribution in [1.82, 2.24) is 0 Å². The van der Waals surface area contributed by atoms with Crippen molar-refractivity contribution < 1.29 is 18.0 Å². The van der Waals surface area contributed by atoms with Gasteiger partial charge in [0.25, 0.3) is 10.0 Å². The van der Waals surface area contributed by atoms with E-state index in [1.165, 1.54) is 18.3 Å². The van der Waals surface area contributed by atoms with E-state index in [0.717, 1.165) is 11.1 Å². The molecule has 31 heavy (non-hydrogen) atoms. The number of nitrogens with one attached hydrogen (secondary N) is 1. The molecular weight excluding hydrogens is 412 g/mol. The molecule has 6 nitrogen and oxygen atoms in total. The molecule has 0 heterocycles. The molecule has 0 aliphatic rings. The Labute approximate surface area is 182 Å². The molecule has 0 saturated heterocycles. The number of ketones is 1. The van der Waals surface area contributed by atoms with Crippen LogP contribution >= 0.6 is 0 Å². The zero-order valence-corrected chi connectivity index (χ0v) is 18.4. The van der Waals surface area contributed by atoms with Crippen LogP contribution in [0.5, 0.6) is 0 Å². The largest absolute Gasteiger partial charge is 0.326 e. The standard InChI is InChI=1S/C24H24N2O4S/c1-17-7-13-23(14-8-17)31(29,30)26(3)22-11-9-19(10-12-22)15-24(28)25-21-6-4-5-20(16-21)18(2)27/h4-14,16H,15H2,1-3H3,(H,25,28). The number of anilines is 2. The van der Waals surface area contributed by atoms with E-state index in [1.807, 2.05) is 6.92 Å². The van der Waals surface area contributed by atoms with Crippen LogP contribution in [-0.4, -0.2) is 27.2 Å². The van der Waals surface area contributed by atoms with Crippen molar-refractivity contribution in [2.75, 3.05) is 16.7 Å². The van der Waals surface area contributed by atoms with Crippen LogP contribution in [0, 0.1) is 6.92 Å². The zero-order chi connectivity index (χ0) is 22.6. The smallest absolute Gasteiger partial charge is 0.264 e. The summed E-state index contributed by atoms with van der Waals surface area (Å²) in [5.74, 6) is -0.300. The molecule has 0 atom stereocenters. The van der Waals surface area contributed by atoms with E-state index in [0.29, 0.717) is 16.9 Å². The molecule has 0 radical (unpaired) electrons. The molecule has 3 rings (SSSR count). The lowest BCUT2D eigenvalue weighted by Crippen LogP contribution is -2.26. The fourth-order valence-electron chi connectivity index (χ4n) is 3.04. The minimum absolute atomic E-state index is 0.0728. The van der Waals surface area contributed by atoms with Crippen LogP contribution in [0.15, 0.2) is 77.7 Å². The maximum absolute atomic E-state index is 12.8. The molecule has 1 N–H and O–H groups in total. The van der Waals surface area contributed by atoms with Crippen molar-refractivity contribution in [3.8, 4) is 0 Å². The summed E-state index contributed by atoms with van der Waals surface area (Å²) in [6.07, 6.45) is 0.124. The van der Waals surface area contributed by atoms with Gasteiger partial charge in [-0.1, -0.05) is 42.0 Å². The lowest BCUT2D eigenvalue weighted by atomic mass is 10.1. The van der Waals surface area contributed by atoms with Crippen molar-refractivity contribution >= 4 is 33.1 Å². The first kappa shape index (κ1) is 22.2. The lowest BCUT2D eigenvalue weighted by Gasteiger charge is -2.20. The second-order valence-corrected chi connectivity index (χ2v) is 9.28. The summed E-state index contributed by atoms with van der Waals surface area (Å²) >= 11 is 0. The number of carbonyl (C=O) groups excluding carboxylic acids is 2. The first-order chi connectivity index (χ1) is 14.7. The van der Waals surface area contributed by atoms with Gasteiger partial charge in [0.05, 0.1) is 17.0 Å². The molecule has 1 amide bonds. The third-order valence-electron chi connectivity index (χ3n) is 4.90. The molecule has 0 bridgehead atoms. The highest BCUT2D eigenvalue weighted by molar-refractivity contribution is 7.92. The topological polar surface area (TPSA) is 83.6 Å². The molecule has 7 heteroatoms. The number of rotatable bonds is 7. The second-order valence-electron chi connectivity index (χ2n) is 7.31. The number of hydrogen-bond acceptors (Lipinski definition) is 4. The second kappa shape index (κ2) is 9.14. The van der Waals surface area contributed by atoms with Crippen LogP contribution in [0.1, 0.15) is 28.4 Å². The number of nitrogens with zero attached hydrogens (tertiary/aromatic N) is 1. The van der Waals surface area contributed by atoms with Gasteiger partial charge in [-0.2, -0.15) is 0 Å². The molecule has 3 aromatic carbocycles. The Bertz CT molecular complexity index is 1200. The minimum atomic E-state index is -3.67. The third-order valence-corrected chi connectivity index (χ3v) is 6.70. The predicted octanol–water partition coefficient (Wildman–Crippen LogP) is 4.20. The van der Waals surface area contributed by atoms with Gasteiger partial charge in [0.2, 0.25) is 5.91 Å². The number of benzene rings is 3.